The monoisotopic (exact) mass is 246 g/mol. The van der Waals surface area contributed by atoms with Gasteiger partial charge in [-0.15, -0.1) is 0 Å². The molecular weight excluding hydrogens is 228 g/mol. The van der Waals surface area contributed by atoms with Crippen LogP contribution in [0.3, 0.4) is 0 Å². The summed E-state index contributed by atoms with van der Waals surface area (Å²) in [5, 5.41) is 4.79. The summed E-state index contributed by atoms with van der Waals surface area (Å²) in [6.07, 6.45) is 1.90. The number of urea groups is 1. The Hall–Kier alpha value is -1.59. The molecule has 2 aliphatic rings. The lowest BCUT2D eigenvalue weighted by Crippen LogP contribution is -2.51. The average Bonchev–Trinajstić information content (AvgIpc) is 2.39. The van der Waals surface area contributed by atoms with Crippen molar-refractivity contribution in [3.63, 3.8) is 0 Å². The van der Waals surface area contributed by atoms with Gasteiger partial charge < -0.3 is 10.2 Å². The van der Waals surface area contributed by atoms with Crippen LogP contribution in [0.1, 0.15) is 18.4 Å². The van der Waals surface area contributed by atoms with Crippen LogP contribution in [0.4, 0.5) is 10.5 Å². The van der Waals surface area contributed by atoms with E-state index in [4.69, 9.17) is 5.84 Å². The molecule has 3 rings (SSSR count). The SMILES string of the molecule is NN1CCC(N2Cc3ccccc3NC2=O)CC1. The van der Waals surface area contributed by atoms with E-state index in [-0.39, 0.29) is 6.03 Å². The van der Waals surface area contributed by atoms with Gasteiger partial charge in [0.05, 0.1) is 0 Å². The second kappa shape index (κ2) is 4.59. The van der Waals surface area contributed by atoms with Crippen LogP contribution in [0, 0.1) is 0 Å². The maximum absolute atomic E-state index is 12.1. The maximum atomic E-state index is 12.1. The molecule has 1 aromatic rings. The van der Waals surface area contributed by atoms with Gasteiger partial charge in [0.2, 0.25) is 0 Å². The van der Waals surface area contributed by atoms with E-state index in [1.165, 1.54) is 5.56 Å². The van der Waals surface area contributed by atoms with E-state index >= 15 is 0 Å². The van der Waals surface area contributed by atoms with E-state index in [9.17, 15) is 4.79 Å². The number of nitrogens with one attached hydrogen (secondary N) is 1. The van der Waals surface area contributed by atoms with Gasteiger partial charge in [0.15, 0.2) is 0 Å². The third kappa shape index (κ3) is 2.07. The van der Waals surface area contributed by atoms with E-state index < -0.39 is 0 Å². The Bertz CT molecular complexity index is 454. The number of amides is 2. The molecule has 1 saturated heterocycles. The van der Waals surface area contributed by atoms with Gasteiger partial charge in [0, 0.05) is 31.4 Å². The maximum Gasteiger partial charge on any atom is 0.322 e. The van der Waals surface area contributed by atoms with Gasteiger partial charge in [0.1, 0.15) is 0 Å². The van der Waals surface area contributed by atoms with Gasteiger partial charge in [-0.25, -0.2) is 9.80 Å². The van der Waals surface area contributed by atoms with Crippen molar-refractivity contribution in [2.24, 2.45) is 5.84 Å². The molecule has 2 amide bonds. The second-order valence-corrected chi connectivity index (χ2v) is 4.98. The molecule has 5 heteroatoms. The largest absolute Gasteiger partial charge is 0.322 e. The summed E-state index contributed by atoms with van der Waals surface area (Å²) in [4.78, 5) is 14.0. The Labute approximate surface area is 107 Å². The second-order valence-electron chi connectivity index (χ2n) is 4.98. The first-order valence-corrected chi connectivity index (χ1v) is 6.39. The number of nitrogens with zero attached hydrogens (tertiary/aromatic N) is 2. The van der Waals surface area contributed by atoms with Crippen molar-refractivity contribution in [3.8, 4) is 0 Å². The number of piperidine rings is 1. The zero-order valence-corrected chi connectivity index (χ0v) is 10.3. The number of carbonyl (C=O) groups excluding carboxylic acids is 1. The molecule has 0 bridgehead atoms. The molecule has 3 N–H and O–H groups in total. The van der Waals surface area contributed by atoms with Crippen LogP contribution in [0.25, 0.3) is 0 Å². The lowest BCUT2D eigenvalue weighted by molar-refractivity contribution is 0.122. The number of rotatable bonds is 1. The zero-order valence-electron chi connectivity index (χ0n) is 10.3. The van der Waals surface area contributed by atoms with Gasteiger partial charge in [-0.1, -0.05) is 18.2 Å². The number of fused-ring (bicyclic) bond motifs is 1. The molecule has 0 aromatic heterocycles. The summed E-state index contributed by atoms with van der Waals surface area (Å²) in [7, 11) is 0. The Morgan fingerprint density at radius 1 is 1.22 bits per heavy atom. The van der Waals surface area contributed by atoms with Crippen molar-refractivity contribution in [2.75, 3.05) is 18.4 Å². The Morgan fingerprint density at radius 2 is 1.94 bits per heavy atom. The molecule has 0 aliphatic carbocycles. The van der Waals surface area contributed by atoms with Crippen LogP contribution in [-0.4, -0.2) is 35.1 Å². The predicted octanol–water partition coefficient (Wildman–Crippen LogP) is 1.37. The van der Waals surface area contributed by atoms with Crippen molar-refractivity contribution in [1.82, 2.24) is 9.91 Å². The molecule has 1 aromatic carbocycles. The highest BCUT2D eigenvalue weighted by molar-refractivity contribution is 5.92. The van der Waals surface area contributed by atoms with Crippen molar-refractivity contribution < 1.29 is 4.79 Å². The number of nitrogens with two attached hydrogens (primary N) is 1. The number of carbonyl (C=O) groups is 1. The molecule has 18 heavy (non-hydrogen) atoms. The lowest BCUT2D eigenvalue weighted by Gasteiger charge is -2.39. The molecule has 1 fully saturated rings. The van der Waals surface area contributed by atoms with Crippen molar-refractivity contribution >= 4 is 11.7 Å². The van der Waals surface area contributed by atoms with Crippen LogP contribution in [0.15, 0.2) is 24.3 Å². The summed E-state index contributed by atoms with van der Waals surface area (Å²) < 4.78 is 0. The van der Waals surface area contributed by atoms with Crippen LogP contribution in [-0.2, 0) is 6.54 Å². The summed E-state index contributed by atoms with van der Waals surface area (Å²) in [5.74, 6) is 5.75. The first kappa shape index (κ1) is 11.5. The standard InChI is InChI=1S/C13H18N4O/c14-16-7-5-11(6-8-16)17-9-10-3-1-2-4-12(10)15-13(17)18/h1-4,11H,5-9,14H2,(H,15,18). The van der Waals surface area contributed by atoms with Gasteiger partial charge >= 0.3 is 6.03 Å². The van der Waals surface area contributed by atoms with Crippen LogP contribution < -0.4 is 11.2 Å². The fourth-order valence-corrected chi connectivity index (χ4v) is 2.71. The Morgan fingerprint density at radius 3 is 2.72 bits per heavy atom. The van der Waals surface area contributed by atoms with Crippen LogP contribution in [0.5, 0.6) is 0 Å². The lowest BCUT2D eigenvalue weighted by atomic mass is 10.0. The minimum atomic E-state index is 0.0178. The van der Waals surface area contributed by atoms with Crippen molar-refractivity contribution in [2.45, 2.75) is 25.4 Å². The summed E-state index contributed by atoms with van der Waals surface area (Å²) in [5.41, 5.74) is 2.13. The van der Waals surface area contributed by atoms with Gasteiger partial charge in [-0.2, -0.15) is 0 Å². The van der Waals surface area contributed by atoms with Crippen molar-refractivity contribution in [1.29, 1.82) is 0 Å². The van der Waals surface area contributed by atoms with Crippen LogP contribution >= 0.6 is 0 Å². The third-order valence-corrected chi connectivity index (χ3v) is 3.80. The Balaban J connectivity index is 1.76. The molecule has 0 radical (unpaired) electrons. The van der Waals surface area contributed by atoms with E-state index in [1.54, 1.807) is 0 Å². The number of benzene rings is 1. The number of para-hydroxylation sites is 1. The number of hydrogen-bond acceptors (Lipinski definition) is 3. The predicted molar refractivity (Wildman–Crippen MR) is 69.8 cm³/mol. The normalized spacial score (nSPS) is 21.6. The zero-order chi connectivity index (χ0) is 12.5. The fraction of sp³-hybridized carbons (Fsp3) is 0.462. The molecule has 0 unspecified atom stereocenters. The number of anilines is 1. The molecule has 2 aliphatic heterocycles. The van der Waals surface area contributed by atoms with Gasteiger partial charge in [-0.3, -0.25) is 5.84 Å². The highest BCUT2D eigenvalue weighted by Crippen LogP contribution is 2.26. The first-order chi connectivity index (χ1) is 8.74. The van der Waals surface area contributed by atoms with Gasteiger partial charge in [-0.05, 0) is 24.5 Å². The summed E-state index contributed by atoms with van der Waals surface area (Å²) in [6, 6.07) is 8.30. The summed E-state index contributed by atoms with van der Waals surface area (Å²) in [6.45, 7) is 2.42. The van der Waals surface area contributed by atoms with E-state index in [0.29, 0.717) is 12.6 Å². The molecule has 2 heterocycles. The van der Waals surface area contributed by atoms with Crippen LogP contribution in [0.2, 0.25) is 0 Å². The highest BCUT2D eigenvalue weighted by Gasteiger charge is 2.30. The fourth-order valence-electron chi connectivity index (χ4n) is 2.71. The van der Waals surface area contributed by atoms with Crippen molar-refractivity contribution in [3.05, 3.63) is 29.8 Å². The molecule has 96 valence electrons. The van der Waals surface area contributed by atoms with E-state index in [2.05, 4.69) is 11.4 Å². The molecule has 0 atom stereocenters. The minimum Gasteiger partial charge on any atom is -0.317 e. The summed E-state index contributed by atoms with van der Waals surface area (Å²) >= 11 is 0. The topological polar surface area (TPSA) is 61.6 Å². The first-order valence-electron chi connectivity index (χ1n) is 6.39. The number of hydrogen-bond donors (Lipinski definition) is 2. The molecule has 5 nitrogen and oxygen atoms in total. The highest BCUT2D eigenvalue weighted by atomic mass is 16.2. The Kier molecular flexibility index (Phi) is 2.93. The molecule has 0 saturated carbocycles. The van der Waals surface area contributed by atoms with Gasteiger partial charge in [0.25, 0.3) is 0 Å². The minimum absolute atomic E-state index is 0.0178. The molecular formula is C13H18N4O. The number of hydrazine groups is 1. The molecule has 0 spiro atoms. The van der Waals surface area contributed by atoms with E-state index in [1.807, 2.05) is 28.1 Å². The average molecular weight is 246 g/mol. The van der Waals surface area contributed by atoms with E-state index in [0.717, 1.165) is 31.6 Å². The quantitative estimate of drug-likeness (QED) is 0.736. The smallest absolute Gasteiger partial charge is 0.317 e. The third-order valence-electron chi connectivity index (χ3n) is 3.80.